The average Bonchev–Trinajstić information content (AvgIpc) is 2.54. The number of methoxy groups -OCH3 is 2. The van der Waals surface area contributed by atoms with Crippen LogP contribution in [0.15, 0.2) is 36.4 Å². The van der Waals surface area contributed by atoms with Gasteiger partial charge >= 0.3 is 0 Å². The van der Waals surface area contributed by atoms with Crippen molar-refractivity contribution in [1.82, 2.24) is 5.32 Å². The van der Waals surface area contributed by atoms with Gasteiger partial charge in [-0.1, -0.05) is 29.8 Å². The lowest BCUT2D eigenvalue weighted by atomic mass is 10.1. The maximum Gasteiger partial charge on any atom is 0.179 e. The van der Waals surface area contributed by atoms with Crippen LogP contribution in [0.3, 0.4) is 0 Å². The van der Waals surface area contributed by atoms with Gasteiger partial charge in [-0.15, -0.1) is 0 Å². The fraction of sp³-hybridized carbons (Fsp3) is 0.294. The Morgan fingerprint density at radius 2 is 1.96 bits per heavy atom. The predicted molar refractivity (Wildman–Crippen MR) is 87.6 cm³/mol. The second-order valence-corrected chi connectivity index (χ2v) is 5.39. The molecule has 2 aromatic carbocycles. The van der Waals surface area contributed by atoms with Crippen molar-refractivity contribution in [3.8, 4) is 11.5 Å². The smallest absolute Gasteiger partial charge is 0.179 e. The Labute approximate surface area is 139 Å². The molecule has 0 bridgehead atoms. The van der Waals surface area contributed by atoms with Gasteiger partial charge in [0, 0.05) is 18.7 Å². The van der Waals surface area contributed by atoms with Gasteiger partial charge in [-0.05, 0) is 23.8 Å². The van der Waals surface area contributed by atoms with Crippen LogP contribution in [0.4, 0.5) is 4.39 Å². The van der Waals surface area contributed by atoms with Crippen LogP contribution in [0.25, 0.3) is 0 Å². The maximum absolute atomic E-state index is 13.6. The molecule has 4 nitrogen and oxygen atoms in total. The molecule has 2 aromatic rings. The van der Waals surface area contributed by atoms with Gasteiger partial charge in [0.1, 0.15) is 5.82 Å². The van der Waals surface area contributed by atoms with Crippen molar-refractivity contribution in [2.75, 3.05) is 20.8 Å². The van der Waals surface area contributed by atoms with Crippen molar-refractivity contribution in [1.29, 1.82) is 0 Å². The molecule has 0 fully saturated rings. The van der Waals surface area contributed by atoms with E-state index in [4.69, 9.17) is 21.1 Å². The normalized spacial score (nSPS) is 12.0. The van der Waals surface area contributed by atoms with Crippen LogP contribution in [-0.2, 0) is 6.54 Å². The Morgan fingerprint density at radius 3 is 2.61 bits per heavy atom. The lowest BCUT2D eigenvalue weighted by molar-refractivity contribution is 0.169. The molecule has 1 unspecified atom stereocenters. The Bertz CT molecular complexity index is 666. The van der Waals surface area contributed by atoms with Crippen molar-refractivity contribution in [3.05, 3.63) is 58.4 Å². The fourth-order valence-corrected chi connectivity index (χ4v) is 2.59. The summed E-state index contributed by atoms with van der Waals surface area (Å²) in [4.78, 5) is 0. The third-order valence-corrected chi connectivity index (χ3v) is 3.71. The Hall–Kier alpha value is -1.82. The van der Waals surface area contributed by atoms with Gasteiger partial charge in [-0.25, -0.2) is 4.39 Å². The summed E-state index contributed by atoms with van der Waals surface area (Å²) in [5.74, 6) is 0.590. The van der Waals surface area contributed by atoms with Crippen molar-refractivity contribution in [2.24, 2.45) is 0 Å². The van der Waals surface area contributed by atoms with E-state index in [-0.39, 0.29) is 12.1 Å². The van der Waals surface area contributed by atoms with E-state index in [9.17, 15) is 9.50 Å². The minimum Gasteiger partial charge on any atom is -0.493 e. The highest BCUT2D eigenvalue weighted by atomic mass is 35.5. The molecule has 0 aromatic heterocycles. The second kappa shape index (κ2) is 8.15. The molecule has 0 amide bonds. The number of aliphatic hydroxyl groups excluding tert-OH is 1. The van der Waals surface area contributed by atoms with Gasteiger partial charge in [0.15, 0.2) is 11.5 Å². The van der Waals surface area contributed by atoms with Crippen LogP contribution in [0.2, 0.25) is 5.02 Å². The molecule has 2 rings (SSSR count). The number of rotatable bonds is 7. The predicted octanol–water partition coefficient (Wildman–Crippen LogP) is 3.32. The van der Waals surface area contributed by atoms with Crippen LogP contribution < -0.4 is 14.8 Å². The molecular weight excluding hydrogens is 321 g/mol. The van der Waals surface area contributed by atoms with E-state index in [1.54, 1.807) is 30.3 Å². The molecule has 0 spiro atoms. The molecule has 0 radical (unpaired) electrons. The first-order valence-electron chi connectivity index (χ1n) is 7.10. The highest BCUT2D eigenvalue weighted by Crippen LogP contribution is 2.35. The molecule has 124 valence electrons. The van der Waals surface area contributed by atoms with Gasteiger partial charge < -0.3 is 19.9 Å². The molecule has 0 saturated heterocycles. The van der Waals surface area contributed by atoms with Crippen molar-refractivity contribution < 1.29 is 19.0 Å². The fourth-order valence-electron chi connectivity index (χ4n) is 2.28. The van der Waals surface area contributed by atoms with E-state index < -0.39 is 11.9 Å². The van der Waals surface area contributed by atoms with Gasteiger partial charge in [-0.2, -0.15) is 0 Å². The number of halogens is 2. The number of benzene rings is 2. The lowest BCUT2D eigenvalue weighted by Gasteiger charge is -2.15. The second-order valence-electron chi connectivity index (χ2n) is 4.98. The Morgan fingerprint density at radius 1 is 1.22 bits per heavy atom. The number of aliphatic hydroxyl groups is 1. The summed E-state index contributed by atoms with van der Waals surface area (Å²) < 4.78 is 24.0. The first-order valence-corrected chi connectivity index (χ1v) is 7.48. The zero-order chi connectivity index (χ0) is 16.8. The zero-order valence-corrected chi connectivity index (χ0v) is 13.7. The van der Waals surface area contributed by atoms with Crippen LogP contribution >= 0.6 is 11.6 Å². The number of hydrogen-bond acceptors (Lipinski definition) is 4. The van der Waals surface area contributed by atoms with Gasteiger partial charge in [-0.3, -0.25) is 0 Å². The standard InChI is InChI=1S/C17H19ClFNO3/c1-22-16-8-11(7-13(18)17(16)23-2)9-20-10-15(21)12-5-3-4-6-14(12)19/h3-8,15,20-21H,9-10H2,1-2H3. The minimum absolute atomic E-state index is 0.215. The third-order valence-electron chi connectivity index (χ3n) is 3.42. The third kappa shape index (κ3) is 4.34. The van der Waals surface area contributed by atoms with E-state index in [1.807, 2.05) is 0 Å². The van der Waals surface area contributed by atoms with Crippen molar-refractivity contribution in [2.45, 2.75) is 12.6 Å². The van der Waals surface area contributed by atoms with Crippen LogP contribution in [0, 0.1) is 5.82 Å². The van der Waals surface area contributed by atoms with Crippen LogP contribution in [0.1, 0.15) is 17.2 Å². The summed E-state index contributed by atoms with van der Waals surface area (Å²) in [7, 11) is 3.06. The van der Waals surface area contributed by atoms with Crippen LogP contribution in [0.5, 0.6) is 11.5 Å². The first-order chi connectivity index (χ1) is 11.1. The lowest BCUT2D eigenvalue weighted by Crippen LogP contribution is -2.21. The van der Waals surface area contributed by atoms with Crippen molar-refractivity contribution >= 4 is 11.6 Å². The topological polar surface area (TPSA) is 50.7 Å². The molecular formula is C17H19ClFNO3. The number of ether oxygens (including phenoxy) is 2. The molecule has 0 aliphatic rings. The highest BCUT2D eigenvalue weighted by molar-refractivity contribution is 6.32. The van der Waals surface area contributed by atoms with E-state index in [1.165, 1.54) is 20.3 Å². The zero-order valence-electron chi connectivity index (χ0n) is 13.0. The average molecular weight is 340 g/mol. The molecule has 2 N–H and O–H groups in total. The summed E-state index contributed by atoms with van der Waals surface area (Å²) in [5, 5.41) is 13.6. The van der Waals surface area contributed by atoms with Gasteiger partial charge in [0.2, 0.25) is 0 Å². The summed E-state index contributed by atoms with van der Waals surface area (Å²) in [6.45, 7) is 0.665. The van der Waals surface area contributed by atoms with E-state index in [0.717, 1.165) is 5.56 Å². The monoisotopic (exact) mass is 339 g/mol. The van der Waals surface area contributed by atoms with Crippen LogP contribution in [-0.4, -0.2) is 25.9 Å². The quantitative estimate of drug-likeness (QED) is 0.812. The summed E-state index contributed by atoms with van der Waals surface area (Å²) in [6.07, 6.45) is -0.924. The van der Waals surface area contributed by atoms with E-state index in [0.29, 0.717) is 23.1 Å². The van der Waals surface area contributed by atoms with Gasteiger partial charge in [0.25, 0.3) is 0 Å². The molecule has 23 heavy (non-hydrogen) atoms. The molecule has 6 heteroatoms. The Balaban J connectivity index is 1.99. The number of hydrogen-bond donors (Lipinski definition) is 2. The molecule has 0 heterocycles. The van der Waals surface area contributed by atoms with Crippen molar-refractivity contribution in [3.63, 3.8) is 0 Å². The molecule has 0 saturated carbocycles. The maximum atomic E-state index is 13.6. The minimum atomic E-state index is -0.924. The molecule has 1 atom stereocenters. The largest absolute Gasteiger partial charge is 0.493 e. The highest BCUT2D eigenvalue weighted by Gasteiger charge is 2.13. The molecule has 0 aliphatic carbocycles. The molecule has 0 aliphatic heterocycles. The van der Waals surface area contributed by atoms with Gasteiger partial charge in [0.05, 0.1) is 25.3 Å². The number of nitrogens with one attached hydrogen (secondary N) is 1. The Kier molecular flexibility index (Phi) is 6.21. The van der Waals surface area contributed by atoms with E-state index in [2.05, 4.69) is 5.32 Å². The summed E-state index contributed by atoms with van der Waals surface area (Å²) in [5.41, 5.74) is 1.14. The van der Waals surface area contributed by atoms with E-state index >= 15 is 0 Å². The first kappa shape index (κ1) is 17.5. The summed E-state index contributed by atoms with van der Waals surface area (Å²) >= 11 is 6.14. The SMILES string of the molecule is COc1cc(CNCC(O)c2ccccc2F)cc(Cl)c1OC. The summed E-state index contributed by atoms with van der Waals surface area (Å²) in [6, 6.07) is 9.72.